The maximum Gasteiger partial charge on any atom is 0.119 e. The predicted molar refractivity (Wildman–Crippen MR) is 353 cm³/mol. The highest BCUT2D eigenvalue weighted by Crippen LogP contribution is 2.42. The van der Waals surface area contributed by atoms with Crippen LogP contribution >= 0.6 is 11.7 Å². The van der Waals surface area contributed by atoms with Gasteiger partial charge in [0.25, 0.3) is 0 Å². The van der Waals surface area contributed by atoms with E-state index in [9.17, 15) is 0 Å². The molecule has 0 aliphatic rings. The van der Waals surface area contributed by atoms with Gasteiger partial charge in [-0.1, -0.05) is 169 Å². The van der Waals surface area contributed by atoms with Crippen molar-refractivity contribution in [2.45, 2.75) is 158 Å². The number of nitrogens with zero attached hydrogens (tertiary/aromatic N) is 4. The quantitative estimate of drug-likeness (QED) is 0.0385. The molecule has 0 saturated carbocycles. The summed E-state index contributed by atoms with van der Waals surface area (Å²) in [4.78, 5) is 4.61. The molecule has 0 N–H and O–H groups in total. The van der Waals surface area contributed by atoms with Crippen LogP contribution in [0.3, 0.4) is 0 Å². The SMILES string of the molecule is CCCCC(CC)COc1ccc(N(c2ccc(OCC(CC)CCCC)cc2)c2ccc(-c3ccc(-c4ccc(N(c5ccc(OCC(CC)CCCC)cc5)c5ccc(OCC(CC)CCCC)cc5)cc4)c4nsnc34)cc2)cc1. The van der Waals surface area contributed by atoms with Crippen LogP contribution < -0.4 is 28.7 Å². The number of hydrogen-bond donors (Lipinski definition) is 0. The van der Waals surface area contributed by atoms with Crippen molar-refractivity contribution in [2.24, 2.45) is 23.7 Å². The molecule has 1 heterocycles. The van der Waals surface area contributed by atoms with Gasteiger partial charge < -0.3 is 28.7 Å². The molecule has 9 heteroatoms. The number of unbranched alkanes of at least 4 members (excludes halogenated alkanes) is 4. The van der Waals surface area contributed by atoms with E-state index in [0.717, 1.165) is 143 Å². The highest BCUT2D eigenvalue weighted by molar-refractivity contribution is 7.00. The Morgan fingerprint density at radius 1 is 0.313 bits per heavy atom. The summed E-state index contributed by atoms with van der Waals surface area (Å²) < 4.78 is 35.3. The summed E-state index contributed by atoms with van der Waals surface area (Å²) in [5.41, 5.74) is 12.3. The van der Waals surface area contributed by atoms with Gasteiger partial charge in [-0.05, 0) is 182 Å². The van der Waals surface area contributed by atoms with Crippen LogP contribution in [0.15, 0.2) is 158 Å². The van der Waals surface area contributed by atoms with Gasteiger partial charge in [-0.25, -0.2) is 0 Å². The molecule has 8 aromatic rings. The summed E-state index contributed by atoms with van der Waals surface area (Å²) >= 11 is 1.26. The molecule has 0 saturated heterocycles. The molecule has 0 fully saturated rings. The molecule has 0 bridgehead atoms. The van der Waals surface area contributed by atoms with Gasteiger partial charge in [0.05, 0.1) is 38.2 Å². The molecular formula is C74H94N4O4S. The van der Waals surface area contributed by atoms with Crippen molar-refractivity contribution in [3.05, 3.63) is 158 Å². The van der Waals surface area contributed by atoms with E-state index in [1.54, 1.807) is 0 Å². The van der Waals surface area contributed by atoms with Gasteiger partial charge in [0.2, 0.25) is 0 Å². The van der Waals surface area contributed by atoms with Crippen LogP contribution in [0.2, 0.25) is 0 Å². The van der Waals surface area contributed by atoms with Gasteiger partial charge in [-0.15, -0.1) is 0 Å². The summed E-state index contributed by atoms with van der Waals surface area (Å²) in [5.74, 6) is 5.85. The van der Waals surface area contributed by atoms with Gasteiger partial charge in [0.1, 0.15) is 34.0 Å². The van der Waals surface area contributed by atoms with E-state index in [4.69, 9.17) is 27.7 Å². The van der Waals surface area contributed by atoms with E-state index in [-0.39, 0.29) is 0 Å². The van der Waals surface area contributed by atoms with Crippen LogP contribution in [0, 0.1) is 23.7 Å². The zero-order valence-electron chi connectivity index (χ0n) is 51.3. The Labute approximate surface area is 502 Å². The Hall–Kier alpha value is -6.84. The summed E-state index contributed by atoms with van der Waals surface area (Å²) in [6, 6.07) is 56.3. The van der Waals surface area contributed by atoms with E-state index < -0.39 is 0 Å². The molecule has 4 atom stereocenters. The van der Waals surface area contributed by atoms with Gasteiger partial charge in [-0.3, -0.25) is 0 Å². The third-order valence-corrected chi connectivity index (χ3v) is 17.3. The number of hydrogen-bond acceptors (Lipinski definition) is 9. The van der Waals surface area contributed by atoms with E-state index >= 15 is 0 Å². The number of ether oxygens (including phenoxy) is 4. The zero-order valence-corrected chi connectivity index (χ0v) is 52.1. The summed E-state index contributed by atoms with van der Waals surface area (Å²) in [6.45, 7) is 21.1. The first-order chi connectivity index (χ1) is 40.8. The van der Waals surface area contributed by atoms with Crippen molar-refractivity contribution >= 4 is 56.9 Å². The van der Waals surface area contributed by atoms with Gasteiger partial charge in [0, 0.05) is 45.3 Å². The molecule has 4 unspecified atom stereocenters. The second kappa shape index (κ2) is 32.9. The van der Waals surface area contributed by atoms with Crippen LogP contribution in [-0.2, 0) is 0 Å². The molecule has 0 spiro atoms. The molecule has 440 valence electrons. The lowest BCUT2D eigenvalue weighted by Crippen LogP contribution is -2.12. The van der Waals surface area contributed by atoms with Gasteiger partial charge in [-0.2, -0.15) is 8.75 Å². The molecule has 8 rings (SSSR count). The first kappa shape index (κ1) is 62.2. The zero-order chi connectivity index (χ0) is 58.2. The predicted octanol–water partition coefficient (Wildman–Crippen LogP) is 22.3. The first-order valence-electron chi connectivity index (χ1n) is 31.8. The van der Waals surface area contributed by atoms with Crippen LogP contribution in [0.4, 0.5) is 34.1 Å². The second-order valence-electron chi connectivity index (χ2n) is 22.8. The summed E-state index contributed by atoms with van der Waals surface area (Å²) in [7, 11) is 0. The van der Waals surface area contributed by atoms with Crippen LogP contribution in [0.1, 0.15) is 158 Å². The van der Waals surface area contributed by atoms with Crippen molar-refractivity contribution in [1.82, 2.24) is 8.75 Å². The Morgan fingerprint density at radius 3 is 0.759 bits per heavy atom. The summed E-state index contributed by atoms with van der Waals surface area (Å²) in [6.07, 6.45) is 19.1. The maximum atomic E-state index is 6.37. The highest BCUT2D eigenvalue weighted by atomic mass is 32.1. The van der Waals surface area contributed by atoms with Crippen molar-refractivity contribution < 1.29 is 18.9 Å². The fourth-order valence-corrected chi connectivity index (χ4v) is 11.6. The van der Waals surface area contributed by atoms with Crippen molar-refractivity contribution in [2.75, 3.05) is 36.2 Å². The lowest BCUT2D eigenvalue weighted by molar-refractivity contribution is 0.233. The normalized spacial score (nSPS) is 12.9. The monoisotopic (exact) mass is 1130 g/mol. The Morgan fingerprint density at radius 2 is 0.542 bits per heavy atom. The Balaban J connectivity index is 1.04. The fourth-order valence-electron chi connectivity index (χ4n) is 11.0. The minimum absolute atomic E-state index is 0.564. The molecule has 0 amide bonds. The molecule has 0 radical (unpaired) electrons. The van der Waals surface area contributed by atoms with Crippen molar-refractivity contribution in [3.63, 3.8) is 0 Å². The number of benzene rings is 7. The van der Waals surface area contributed by atoms with Crippen molar-refractivity contribution in [1.29, 1.82) is 0 Å². The largest absolute Gasteiger partial charge is 0.493 e. The second-order valence-corrected chi connectivity index (χ2v) is 23.3. The topological polar surface area (TPSA) is 69.2 Å². The van der Waals surface area contributed by atoms with Crippen LogP contribution in [-0.4, -0.2) is 35.2 Å². The summed E-state index contributed by atoms with van der Waals surface area (Å²) in [5, 5.41) is 0. The number of fused-ring (bicyclic) bond motifs is 1. The third-order valence-electron chi connectivity index (χ3n) is 16.8. The van der Waals surface area contributed by atoms with Crippen LogP contribution in [0.25, 0.3) is 33.3 Å². The molecule has 83 heavy (non-hydrogen) atoms. The van der Waals surface area contributed by atoms with Crippen LogP contribution in [0.5, 0.6) is 23.0 Å². The smallest absolute Gasteiger partial charge is 0.119 e. The molecule has 7 aromatic carbocycles. The van der Waals surface area contributed by atoms with E-state index in [0.29, 0.717) is 23.7 Å². The lowest BCUT2D eigenvalue weighted by atomic mass is 9.97. The van der Waals surface area contributed by atoms with Gasteiger partial charge in [0.15, 0.2) is 0 Å². The first-order valence-corrected chi connectivity index (χ1v) is 32.5. The third kappa shape index (κ3) is 17.4. The molecule has 0 aliphatic carbocycles. The maximum absolute atomic E-state index is 6.37. The molecular weight excluding hydrogens is 1040 g/mol. The standard InChI is InChI=1S/C74H94N4O4S/c1-9-17-21-55(13-5)51-79-67-41-33-63(34-42-67)77(64-35-43-68(44-36-64)80-52-56(14-6)22-18-10-2)61-29-25-59(26-30-61)71-49-50-72(74-73(71)75-83-76-74)60-27-31-62(32-28-60)78(65-37-45-69(46-38-65)81-53-57(15-7)23-19-11-3)66-39-47-70(48-40-66)82-54-58(16-8)24-20-12-4/h25-50,55-58H,9-24,51-54H2,1-8H3. The Bertz CT molecular complexity index is 2750. The average molecular weight is 1140 g/mol. The fraction of sp³-hybridized carbons (Fsp3) is 0.432. The number of aromatic nitrogens is 2. The van der Waals surface area contributed by atoms with E-state index in [1.165, 1.54) is 88.8 Å². The Kier molecular flexibility index (Phi) is 24.6. The average Bonchev–Trinajstić information content (AvgIpc) is 4.21. The molecule has 8 nitrogen and oxygen atoms in total. The minimum atomic E-state index is 0.564. The number of rotatable bonds is 36. The highest BCUT2D eigenvalue weighted by Gasteiger charge is 2.20. The molecule has 1 aromatic heterocycles. The lowest BCUT2D eigenvalue weighted by Gasteiger charge is -2.26. The molecule has 0 aliphatic heterocycles. The van der Waals surface area contributed by atoms with E-state index in [1.807, 2.05) is 0 Å². The van der Waals surface area contributed by atoms with E-state index in [2.05, 4.69) is 223 Å². The van der Waals surface area contributed by atoms with Crippen molar-refractivity contribution in [3.8, 4) is 45.3 Å². The minimum Gasteiger partial charge on any atom is -0.493 e. The van der Waals surface area contributed by atoms with Gasteiger partial charge >= 0.3 is 0 Å². The number of anilines is 6.